The number of ether oxygens (including phenoxy) is 1. The quantitative estimate of drug-likeness (QED) is 0.717. The fourth-order valence-electron chi connectivity index (χ4n) is 3.20. The average molecular weight is 217 g/mol. The first kappa shape index (κ1) is 10.2. The summed E-state index contributed by atoms with van der Waals surface area (Å²) in [5, 5.41) is 0. The normalized spacial score (nSPS) is 32.0. The van der Waals surface area contributed by atoms with Gasteiger partial charge in [-0.3, -0.25) is 0 Å². The lowest BCUT2D eigenvalue weighted by atomic mass is 9.82. The molecule has 0 N–H and O–H groups in total. The van der Waals surface area contributed by atoms with E-state index in [9.17, 15) is 0 Å². The molecule has 2 unspecified atom stereocenters. The second kappa shape index (κ2) is 3.24. The average Bonchev–Trinajstić information content (AvgIpc) is 2.71. The second-order valence-electron chi connectivity index (χ2n) is 5.41. The smallest absolute Gasteiger partial charge is 0.140 e. The molecule has 1 aromatic rings. The van der Waals surface area contributed by atoms with Crippen LogP contribution >= 0.6 is 0 Å². The van der Waals surface area contributed by atoms with Crippen molar-refractivity contribution in [1.29, 1.82) is 0 Å². The van der Waals surface area contributed by atoms with Crippen molar-refractivity contribution in [2.45, 2.75) is 44.9 Å². The molecule has 0 aliphatic carbocycles. The highest BCUT2D eigenvalue weighted by atomic mass is 16.5. The van der Waals surface area contributed by atoms with E-state index < -0.39 is 0 Å². The van der Waals surface area contributed by atoms with Gasteiger partial charge in [-0.2, -0.15) is 0 Å². The monoisotopic (exact) mass is 217 g/mol. The Morgan fingerprint density at radius 1 is 1.38 bits per heavy atom. The molecule has 0 spiro atoms. The minimum absolute atomic E-state index is 0.195. The van der Waals surface area contributed by atoms with Crippen LogP contribution in [0.4, 0.5) is 5.69 Å². The van der Waals surface area contributed by atoms with Crippen molar-refractivity contribution in [3.05, 3.63) is 29.8 Å². The van der Waals surface area contributed by atoms with Gasteiger partial charge in [-0.05, 0) is 31.9 Å². The molecule has 2 heterocycles. The first-order valence-corrected chi connectivity index (χ1v) is 6.14. The van der Waals surface area contributed by atoms with Crippen LogP contribution in [-0.4, -0.2) is 18.9 Å². The van der Waals surface area contributed by atoms with Crippen LogP contribution in [0.25, 0.3) is 0 Å². The van der Waals surface area contributed by atoms with Gasteiger partial charge in [-0.1, -0.05) is 25.1 Å². The largest absolute Gasteiger partial charge is 0.357 e. The van der Waals surface area contributed by atoms with Gasteiger partial charge in [0.25, 0.3) is 0 Å². The van der Waals surface area contributed by atoms with Gasteiger partial charge in [-0.25, -0.2) is 0 Å². The Hall–Kier alpha value is -1.02. The van der Waals surface area contributed by atoms with Gasteiger partial charge in [0.05, 0.1) is 6.61 Å². The summed E-state index contributed by atoms with van der Waals surface area (Å²) in [6, 6.07) is 9.25. The fourth-order valence-corrected chi connectivity index (χ4v) is 3.20. The molecule has 2 aliphatic rings. The summed E-state index contributed by atoms with van der Waals surface area (Å²) in [5.74, 6) is 0. The molecule has 16 heavy (non-hydrogen) atoms. The standard InChI is InChI=1S/C14H19NO/c1-10(2)15-12-7-5-4-6-11(12)14(3)8-9-16-13(14)15/h4-7,10,13H,8-9H2,1-3H3. The lowest BCUT2D eigenvalue weighted by molar-refractivity contribution is 0.0834. The molecule has 3 rings (SSSR count). The highest BCUT2D eigenvalue weighted by molar-refractivity contribution is 5.64. The van der Waals surface area contributed by atoms with Crippen LogP contribution in [0.15, 0.2) is 24.3 Å². The summed E-state index contributed by atoms with van der Waals surface area (Å²) in [7, 11) is 0. The van der Waals surface area contributed by atoms with E-state index in [1.807, 2.05) is 0 Å². The first-order chi connectivity index (χ1) is 7.64. The van der Waals surface area contributed by atoms with E-state index in [1.54, 1.807) is 0 Å². The molecule has 86 valence electrons. The second-order valence-corrected chi connectivity index (χ2v) is 5.41. The van der Waals surface area contributed by atoms with Gasteiger partial charge in [0.2, 0.25) is 0 Å². The Morgan fingerprint density at radius 2 is 2.12 bits per heavy atom. The number of rotatable bonds is 1. The summed E-state index contributed by atoms with van der Waals surface area (Å²) >= 11 is 0. The zero-order valence-electron chi connectivity index (χ0n) is 10.2. The Balaban J connectivity index is 2.17. The van der Waals surface area contributed by atoms with Gasteiger partial charge < -0.3 is 9.64 Å². The predicted octanol–water partition coefficient (Wildman–Crippen LogP) is 2.92. The third kappa shape index (κ3) is 1.11. The number of benzene rings is 1. The summed E-state index contributed by atoms with van der Waals surface area (Å²) in [4.78, 5) is 2.43. The van der Waals surface area contributed by atoms with Crippen molar-refractivity contribution in [2.24, 2.45) is 0 Å². The van der Waals surface area contributed by atoms with Crippen molar-refractivity contribution in [2.75, 3.05) is 11.5 Å². The molecule has 2 nitrogen and oxygen atoms in total. The molecule has 0 aromatic heterocycles. The van der Waals surface area contributed by atoms with Gasteiger partial charge in [0, 0.05) is 17.1 Å². The zero-order chi connectivity index (χ0) is 11.3. The van der Waals surface area contributed by atoms with Gasteiger partial charge in [0.1, 0.15) is 6.23 Å². The number of hydrogen-bond acceptors (Lipinski definition) is 2. The molecular formula is C14H19NO. The molecule has 0 saturated carbocycles. The van der Waals surface area contributed by atoms with Crippen LogP contribution < -0.4 is 4.90 Å². The highest BCUT2D eigenvalue weighted by Crippen LogP contribution is 2.51. The Labute approximate surface area is 97.2 Å². The molecule has 2 heteroatoms. The minimum atomic E-state index is 0.195. The maximum absolute atomic E-state index is 5.96. The number of anilines is 1. The van der Waals surface area contributed by atoms with Crippen LogP contribution in [0.5, 0.6) is 0 Å². The SMILES string of the molecule is CC(C)N1c2ccccc2C2(C)CCOC12. The molecule has 0 amide bonds. The third-order valence-corrected chi connectivity index (χ3v) is 4.05. The van der Waals surface area contributed by atoms with E-state index in [4.69, 9.17) is 4.74 Å². The van der Waals surface area contributed by atoms with Crippen LogP contribution in [0.1, 0.15) is 32.8 Å². The Kier molecular flexibility index (Phi) is 2.05. The fraction of sp³-hybridized carbons (Fsp3) is 0.571. The maximum atomic E-state index is 5.96. The first-order valence-electron chi connectivity index (χ1n) is 6.14. The van der Waals surface area contributed by atoms with E-state index in [1.165, 1.54) is 11.3 Å². The van der Waals surface area contributed by atoms with Crippen LogP contribution in [0.2, 0.25) is 0 Å². The Morgan fingerprint density at radius 3 is 2.88 bits per heavy atom. The van der Waals surface area contributed by atoms with Gasteiger partial charge in [-0.15, -0.1) is 0 Å². The van der Waals surface area contributed by atoms with Gasteiger partial charge in [0.15, 0.2) is 0 Å². The van der Waals surface area contributed by atoms with Crippen LogP contribution in [0.3, 0.4) is 0 Å². The molecule has 1 saturated heterocycles. The summed E-state index contributed by atoms with van der Waals surface area (Å²) in [5.41, 5.74) is 3.02. The topological polar surface area (TPSA) is 12.5 Å². The molecular weight excluding hydrogens is 198 g/mol. The summed E-state index contributed by atoms with van der Waals surface area (Å²) in [6.07, 6.45) is 1.38. The third-order valence-electron chi connectivity index (χ3n) is 4.05. The molecule has 2 aliphatic heterocycles. The molecule has 0 radical (unpaired) electrons. The van der Waals surface area contributed by atoms with E-state index in [2.05, 4.69) is 49.9 Å². The summed E-state index contributed by atoms with van der Waals surface area (Å²) < 4.78 is 5.96. The lowest BCUT2D eigenvalue weighted by Gasteiger charge is -2.32. The molecule has 2 atom stereocenters. The number of fused-ring (bicyclic) bond motifs is 3. The van der Waals surface area contributed by atoms with Crippen LogP contribution in [-0.2, 0) is 10.2 Å². The predicted molar refractivity (Wildman–Crippen MR) is 65.8 cm³/mol. The van der Waals surface area contributed by atoms with E-state index >= 15 is 0 Å². The molecule has 1 fully saturated rings. The summed E-state index contributed by atoms with van der Waals surface area (Å²) in [6.45, 7) is 7.71. The van der Waals surface area contributed by atoms with Crippen LogP contribution in [0, 0.1) is 0 Å². The Bertz CT molecular complexity index is 415. The van der Waals surface area contributed by atoms with Crippen molar-refractivity contribution >= 4 is 5.69 Å². The lowest BCUT2D eigenvalue weighted by Crippen LogP contribution is -2.43. The van der Waals surface area contributed by atoms with E-state index in [0.29, 0.717) is 6.04 Å². The number of nitrogens with zero attached hydrogens (tertiary/aromatic N) is 1. The van der Waals surface area contributed by atoms with Crippen molar-refractivity contribution < 1.29 is 4.74 Å². The van der Waals surface area contributed by atoms with Crippen molar-refractivity contribution in [1.82, 2.24) is 0 Å². The van der Waals surface area contributed by atoms with E-state index in [0.717, 1.165) is 13.0 Å². The van der Waals surface area contributed by atoms with Crippen molar-refractivity contribution in [3.63, 3.8) is 0 Å². The minimum Gasteiger partial charge on any atom is -0.357 e. The van der Waals surface area contributed by atoms with E-state index in [-0.39, 0.29) is 11.6 Å². The highest BCUT2D eigenvalue weighted by Gasteiger charge is 2.52. The van der Waals surface area contributed by atoms with Crippen molar-refractivity contribution in [3.8, 4) is 0 Å². The molecule has 1 aromatic carbocycles. The molecule has 0 bridgehead atoms. The maximum Gasteiger partial charge on any atom is 0.140 e. The number of para-hydroxylation sites is 1. The zero-order valence-corrected chi connectivity index (χ0v) is 10.2. The van der Waals surface area contributed by atoms with Gasteiger partial charge >= 0.3 is 0 Å². The number of hydrogen-bond donors (Lipinski definition) is 0.